The van der Waals surface area contributed by atoms with Gasteiger partial charge >= 0.3 is 6.16 Å². The number of benzene rings is 1. The summed E-state index contributed by atoms with van der Waals surface area (Å²) < 4.78 is 4.11. The summed E-state index contributed by atoms with van der Waals surface area (Å²) in [6.45, 7) is 0. The Bertz CT molecular complexity index is 260. The highest BCUT2D eigenvalue weighted by Crippen LogP contribution is 2.23. The molecule has 0 amide bonds. The van der Waals surface area contributed by atoms with Gasteiger partial charge in [-0.3, -0.25) is 0 Å². The Hall–Kier alpha value is -0.780. The van der Waals surface area contributed by atoms with Gasteiger partial charge in [0.2, 0.25) is 0 Å². The molecule has 1 N–H and O–H groups in total. The molecule has 1 aromatic carbocycles. The topological polar surface area (TPSA) is 46.5 Å². The van der Waals surface area contributed by atoms with Crippen molar-refractivity contribution in [1.29, 1.82) is 0 Å². The minimum Gasteiger partial charge on any atom is -0.450 e. The van der Waals surface area contributed by atoms with Crippen LogP contribution in [0.3, 0.4) is 0 Å². The molecule has 0 radical (unpaired) electrons. The smallest absolute Gasteiger partial charge is 0.450 e. The van der Waals surface area contributed by atoms with Crippen molar-refractivity contribution >= 4 is 28.7 Å². The van der Waals surface area contributed by atoms with Crippen LogP contribution < -0.4 is 0 Å². The van der Waals surface area contributed by atoms with E-state index in [-0.39, 0.29) is 0 Å². The van der Waals surface area contributed by atoms with Gasteiger partial charge in [0.15, 0.2) is 4.11 Å². The Kier molecular flexibility index (Phi) is 3.33. The zero-order chi connectivity index (χ0) is 8.97. The van der Waals surface area contributed by atoms with Gasteiger partial charge in [0, 0.05) is 5.56 Å². The molecular weight excluding hydrogens is 271 g/mol. The van der Waals surface area contributed by atoms with Crippen LogP contribution in [-0.4, -0.2) is 11.3 Å². The predicted octanol–water partition coefficient (Wildman–Crippen LogP) is 2.81. The summed E-state index contributed by atoms with van der Waals surface area (Å²) in [5.74, 6) is 0. The lowest BCUT2D eigenvalue weighted by Gasteiger charge is -2.07. The molecule has 1 unspecified atom stereocenters. The van der Waals surface area contributed by atoms with Gasteiger partial charge in [0.05, 0.1) is 0 Å². The fourth-order valence-electron chi connectivity index (χ4n) is 0.761. The molecule has 1 atom stereocenters. The van der Waals surface area contributed by atoms with Crippen LogP contribution in [0.4, 0.5) is 4.79 Å². The summed E-state index contributed by atoms with van der Waals surface area (Å²) in [7, 11) is 0. The van der Waals surface area contributed by atoms with Gasteiger partial charge in [-0.2, -0.15) is 0 Å². The third kappa shape index (κ3) is 2.69. The summed E-state index contributed by atoms with van der Waals surface area (Å²) in [4.78, 5) is 10.2. The van der Waals surface area contributed by atoms with E-state index >= 15 is 0 Å². The third-order valence-corrected chi connectivity index (χ3v) is 2.24. The van der Waals surface area contributed by atoms with E-state index < -0.39 is 10.3 Å². The normalized spacial score (nSPS) is 12.1. The molecule has 4 heteroatoms. The van der Waals surface area contributed by atoms with Gasteiger partial charge < -0.3 is 9.84 Å². The van der Waals surface area contributed by atoms with Crippen LogP contribution >= 0.6 is 22.6 Å². The molecule has 1 rings (SSSR count). The van der Waals surface area contributed by atoms with E-state index in [0.29, 0.717) is 0 Å². The Balaban J connectivity index is 2.65. The molecule has 0 fully saturated rings. The van der Waals surface area contributed by atoms with Crippen molar-refractivity contribution in [2.45, 2.75) is 4.11 Å². The lowest BCUT2D eigenvalue weighted by molar-refractivity contribution is 0.0869. The second-order valence-electron chi connectivity index (χ2n) is 2.11. The van der Waals surface area contributed by atoms with Crippen molar-refractivity contribution in [1.82, 2.24) is 0 Å². The molecule has 0 spiro atoms. The molecule has 0 bridgehead atoms. The van der Waals surface area contributed by atoms with Crippen LogP contribution in [0.1, 0.15) is 9.67 Å². The predicted molar refractivity (Wildman–Crippen MR) is 52.3 cm³/mol. The van der Waals surface area contributed by atoms with Crippen LogP contribution in [0.5, 0.6) is 0 Å². The Morgan fingerprint density at radius 2 is 2.00 bits per heavy atom. The maximum Gasteiger partial charge on any atom is 0.507 e. The van der Waals surface area contributed by atoms with Gasteiger partial charge in [0.25, 0.3) is 0 Å². The van der Waals surface area contributed by atoms with Crippen molar-refractivity contribution in [2.75, 3.05) is 0 Å². The maximum atomic E-state index is 10.2. The number of carbonyl (C=O) groups is 1. The van der Waals surface area contributed by atoms with Gasteiger partial charge in [-0.1, -0.05) is 30.3 Å². The number of halogens is 1. The molecule has 0 aromatic heterocycles. The molecule has 64 valence electrons. The van der Waals surface area contributed by atoms with Crippen molar-refractivity contribution in [3.8, 4) is 0 Å². The maximum absolute atomic E-state index is 10.2. The molecule has 0 saturated heterocycles. The first-order valence-corrected chi connectivity index (χ1v) is 4.53. The molecule has 12 heavy (non-hydrogen) atoms. The van der Waals surface area contributed by atoms with E-state index in [1.165, 1.54) is 0 Å². The summed E-state index contributed by atoms with van der Waals surface area (Å²) in [6.07, 6.45) is -1.25. The van der Waals surface area contributed by atoms with Gasteiger partial charge in [0.1, 0.15) is 0 Å². The summed E-state index contributed by atoms with van der Waals surface area (Å²) in [5.41, 5.74) is 0.848. The van der Waals surface area contributed by atoms with E-state index in [1.54, 1.807) is 0 Å². The Morgan fingerprint density at radius 3 is 2.50 bits per heavy atom. The average molecular weight is 278 g/mol. The van der Waals surface area contributed by atoms with E-state index in [1.807, 2.05) is 52.9 Å². The fraction of sp³-hybridized carbons (Fsp3) is 0.125. The number of ether oxygens (including phenoxy) is 1. The van der Waals surface area contributed by atoms with E-state index in [4.69, 9.17) is 5.11 Å². The minimum atomic E-state index is -1.25. The van der Waals surface area contributed by atoms with Crippen molar-refractivity contribution in [2.24, 2.45) is 0 Å². The first-order chi connectivity index (χ1) is 5.70. The summed E-state index contributed by atoms with van der Waals surface area (Å²) in [6, 6.07) is 9.19. The second kappa shape index (κ2) is 4.30. The number of rotatable bonds is 2. The summed E-state index contributed by atoms with van der Waals surface area (Å²) >= 11 is 1.92. The number of alkyl halides is 1. The highest BCUT2D eigenvalue weighted by molar-refractivity contribution is 14.1. The largest absolute Gasteiger partial charge is 0.507 e. The number of hydrogen-bond donors (Lipinski definition) is 1. The molecule has 1 aromatic rings. The van der Waals surface area contributed by atoms with Gasteiger partial charge in [-0.05, 0) is 22.6 Å². The van der Waals surface area contributed by atoms with Crippen LogP contribution in [0, 0.1) is 0 Å². The van der Waals surface area contributed by atoms with Crippen molar-refractivity contribution in [3.05, 3.63) is 35.9 Å². The summed E-state index contributed by atoms with van der Waals surface area (Å²) in [5, 5.41) is 8.32. The fourth-order valence-corrected chi connectivity index (χ4v) is 1.39. The zero-order valence-electron chi connectivity index (χ0n) is 6.11. The molecule has 0 aliphatic carbocycles. The van der Waals surface area contributed by atoms with Crippen LogP contribution in [0.2, 0.25) is 0 Å². The quantitative estimate of drug-likeness (QED) is 0.514. The highest BCUT2D eigenvalue weighted by Gasteiger charge is 2.10. The van der Waals surface area contributed by atoms with Gasteiger partial charge in [-0.15, -0.1) is 0 Å². The van der Waals surface area contributed by atoms with E-state index in [2.05, 4.69) is 4.74 Å². The van der Waals surface area contributed by atoms with Crippen molar-refractivity contribution in [3.63, 3.8) is 0 Å². The second-order valence-corrected chi connectivity index (χ2v) is 3.24. The zero-order valence-corrected chi connectivity index (χ0v) is 8.26. The molecule has 0 saturated carbocycles. The molecule has 0 heterocycles. The minimum absolute atomic E-state index is 0.429. The molecule has 3 nitrogen and oxygen atoms in total. The monoisotopic (exact) mass is 278 g/mol. The molecule has 0 aliphatic rings. The Morgan fingerprint density at radius 1 is 1.42 bits per heavy atom. The lowest BCUT2D eigenvalue weighted by Crippen LogP contribution is -2.02. The van der Waals surface area contributed by atoms with Gasteiger partial charge in [-0.25, -0.2) is 4.79 Å². The lowest BCUT2D eigenvalue weighted by atomic mass is 10.2. The van der Waals surface area contributed by atoms with E-state index in [9.17, 15) is 4.79 Å². The van der Waals surface area contributed by atoms with Crippen LogP contribution in [0.25, 0.3) is 0 Å². The molecular formula is C8H7IO3. The van der Waals surface area contributed by atoms with Crippen molar-refractivity contribution < 1.29 is 14.6 Å². The first kappa shape index (κ1) is 9.31. The number of carboxylic acid groups (broad SMARTS) is 1. The van der Waals surface area contributed by atoms with Crippen LogP contribution in [-0.2, 0) is 4.74 Å². The van der Waals surface area contributed by atoms with E-state index in [0.717, 1.165) is 5.56 Å². The average Bonchev–Trinajstić information content (AvgIpc) is 2.05. The highest BCUT2D eigenvalue weighted by atomic mass is 127. The first-order valence-electron chi connectivity index (χ1n) is 3.29. The number of hydrogen-bond acceptors (Lipinski definition) is 2. The standard InChI is InChI=1S/C8H7IO3/c9-7(12-8(10)11)6-4-2-1-3-5-6/h1-5,7H,(H,10,11). The molecule has 0 aliphatic heterocycles. The Labute approximate surface area is 83.5 Å². The third-order valence-electron chi connectivity index (χ3n) is 1.27. The SMILES string of the molecule is O=C(O)OC(I)c1ccccc1. The van der Waals surface area contributed by atoms with Crippen LogP contribution in [0.15, 0.2) is 30.3 Å².